The zero-order valence-electron chi connectivity index (χ0n) is 9.06. The second-order valence-electron chi connectivity index (χ2n) is 3.49. The quantitative estimate of drug-likeness (QED) is 0.858. The lowest BCUT2D eigenvalue weighted by molar-refractivity contribution is 0.589. The first-order valence-corrected chi connectivity index (χ1v) is 6.32. The molecule has 2 rings (SSSR count). The molecule has 0 saturated carbocycles. The monoisotopic (exact) mass is 236 g/mol. The fourth-order valence-corrected chi connectivity index (χ4v) is 2.55. The molecule has 1 aromatic heterocycles. The molecule has 0 unspecified atom stereocenters. The van der Waals surface area contributed by atoms with E-state index in [-0.39, 0.29) is 4.90 Å². The molecule has 5 heteroatoms. The summed E-state index contributed by atoms with van der Waals surface area (Å²) in [7, 11) is -2.03. The first-order valence-electron chi connectivity index (χ1n) is 4.84. The van der Waals surface area contributed by atoms with Crippen molar-refractivity contribution in [1.29, 1.82) is 0 Å². The third-order valence-electron chi connectivity index (χ3n) is 2.49. The number of rotatable bonds is 2. The fourth-order valence-electron chi connectivity index (χ4n) is 1.63. The SMILES string of the molecule is CNS(=O)(=O)c1ccc(C)c2ncccc12. The van der Waals surface area contributed by atoms with Crippen LogP contribution in [0.5, 0.6) is 0 Å². The third kappa shape index (κ3) is 1.68. The summed E-state index contributed by atoms with van der Waals surface area (Å²) in [6.45, 7) is 1.91. The van der Waals surface area contributed by atoms with E-state index in [1.54, 1.807) is 30.5 Å². The van der Waals surface area contributed by atoms with Crippen LogP contribution in [0, 0.1) is 6.92 Å². The maximum Gasteiger partial charge on any atom is 0.240 e. The highest BCUT2D eigenvalue weighted by Gasteiger charge is 2.15. The number of benzene rings is 1. The summed E-state index contributed by atoms with van der Waals surface area (Å²) < 4.78 is 25.9. The zero-order chi connectivity index (χ0) is 11.8. The molecular weight excluding hydrogens is 224 g/mol. The maximum atomic E-state index is 11.8. The molecule has 0 amide bonds. The van der Waals surface area contributed by atoms with Crippen LogP contribution in [-0.4, -0.2) is 20.4 Å². The molecule has 16 heavy (non-hydrogen) atoms. The lowest BCUT2D eigenvalue weighted by atomic mass is 10.1. The molecule has 0 radical (unpaired) electrons. The Labute approximate surface area is 94.4 Å². The second kappa shape index (κ2) is 3.84. The predicted molar refractivity (Wildman–Crippen MR) is 62.7 cm³/mol. The van der Waals surface area contributed by atoms with E-state index in [0.29, 0.717) is 5.39 Å². The van der Waals surface area contributed by atoms with E-state index in [0.717, 1.165) is 11.1 Å². The van der Waals surface area contributed by atoms with Crippen molar-refractivity contribution in [2.24, 2.45) is 0 Å². The number of hydrogen-bond donors (Lipinski definition) is 1. The van der Waals surface area contributed by atoms with Gasteiger partial charge in [0.25, 0.3) is 0 Å². The van der Waals surface area contributed by atoms with E-state index in [9.17, 15) is 8.42 Å². The van der Waals surface area contributed by atoms with Gasteiger partial charge in [-0.3, -0.25) is 4.98 Å². The zero-order valence-corrected chi connectivity index (χ0v) is 9.88. The fraction of sp³-hybridized carbons (Fsp3) is 0.182. The van der Waals surface area contributed by atoms with Crippen LogP contribution in [0.15, 0.2) is 35.4 Å². The first kappa shape index (κ1) is 11.0. The van der Waals surface area contributed by atoms with Gasteiger partial charge in [-0.2, -0.15) is 0 Å². The van der Waals surface area contributed by atoms with Gasteiger partial charge in [-0.05, 0) is 37.7 Å². The van der Waals surface area contributed by atoms with Gasteiger partial charge in [-0.1, -0.05) is 6.07 Å². The lowest BCUT2D eigenvalue weighted by Gasteiger charge is -2.07. The average molecular weight is 236 g/mol. The normalized spacial score (nSPS) is 11.9. The summed E-state index contributed by atoms with van der Waals surface area (Å²) in [6, 6.07) is 6.86. The Hall–Kier alpha value is -1.46. The van der Waals surface area contributed by atoms with Gasteiger partial charge < -0.3 is 0 Å². The van der Waals surface area contributed by atoms with Gasteiger partial charge in [0.05, 0.1) is 10.4 Å². The standard InChI is InChI=1S/C11H12N2O2S/c1-8-5-6-10(16(14,15)12-2)9-4-3-7-13-11(8)9/h3-7,12H,1-2H3. The number of nitrogens with zero attached hydrogens (tertiary/aromatic N) is 1. The average Bonchev–Trinajstić information content (AvgIpc) is 2.29. The molecule has 0 bridgehead atoms. The highest BCUT2D eigenvalue weighted by Crippen LogP contribution is 2.23. The Bertz CT molecular complexity index is 635. The minimum atomic E-state index is -3.43. The van der Waals surface area contributed by atoms with Crippen molar-refractivity contribution in [3.8, 4) is 0 Å². The molecule has 0 aliphatic rings. The van der Waals surface area contributed by atoms with E-state index in [1.807, 2.05) is 6.92 Å². The molecule has 1 N–H and O–H groups in total. The molecule has 1 aromatic carbocycles. The molecule has 0 aliphatic carbocycles. The number of nitrogens with one attached hydrogen (secondary N) is 1. The topological polar surface area (TPSA) is 59.1 Å². The van der Waals surface area contributed by atoms with Gasteiger partial charge in [-0.15, -0.1) is 0 Å². The summed E-state index contributed by atoms with van der Waals surface area (Å²) in [5.74, 6) is 0. The maximum absolute atomic E-state index is 11.8. The minimum Gasteiger partial charge on any atom is -0.256 e. The van der Waals surface area contributed by atoms with Crippen LogP contribution in [0.2, 0.25) is 0 Å². The van der Waals surface area contributed by atoms with E-state index in [1.165, 1.54) is 7.05 Å². The van der Waals surface area contributed by atoms with Crippen molar-refractivity contribution in [1.82, 2.24) is 9.71 Å². The summed E-state index contributed by atoms with van der Waals surface area (Å²) in [5, 5.41) is 0.650. The van der Waals surface area contributed by atoms with E-state index in [4.69, 9.17) is 0 Å². The van der Waals surface area contributed by atoms with Crippen molar-refractivity contribution >= 4 is 20.9 Å². The van der Waals surface area contributed by atoms with Crippen LogP contribution < -0.4 is 4.72 Å². The Morgan fingerprint density at radius 1 is 1.25 bits per heavy atom. The summed E-state index contributed by atoms with van der Waals surface area (Å²) in [5.41, 5.74) is 1.68. The van der Waals surface area contributed by atoms with Gasteiger partial charge in [0.2, 0.25) is 10.0 Å². The van der Waals surface area contributed by atoms with Crippen LogP contribution in [0.3, 0.4) is 0 Å². The van der Waals surface area contributed by atoms with Gasteiger partial charge in [0.15, 0.2) is 0 Å². The van der Waals surface area contributed by atoms with Crippen LogP contribution in [-0.2, 0) is 10.0 Å². The molecule has 0 spiro atoms. The van der Waals surface area contributed by atoms with Crippen LogP contribution in [0.1, 0.15) is 5.56 Å². The molecule has 1 heterocycles. The van der Waals surface area contributed by atoms with Gasteiger partial charge >= 0.3 is 0 Å². The summed E-state index contributed by atoms with van der Waals surface area (Å²) in [4.78, 5) is 4.46. The van der Waals surface area contributed by atoms with Crippen LogP contribution in [0.4, 0.5) is 0 Å². The summed E-state index contributed by atoms with van der Waals surface area (Å²) in [6.07, 6.45) is 1.66. The molecule has 0 fully saturated rings. The van der Waals surface area contributed by atoms with Gasteiger partial charge in [0, 0.05) is 11.6 Å². The smallest absolute Gasteiger partial charge is 0.240 e. The number of hydrogen-bond acceptors (Lipinski definition) is 3. The lowest BCUT2D eigenvalue weighted by Crippen LogP contribution is -2.19. The van der Waals surface area contributed by atoms with Crippen molar-refractivity contribution in [3.63, 3.8) is 0 Å². The van der Waals surface area contributed by atoms with Crippen LogP contribution >= 0.6 is 0 Å². The van der Waals surface area contributed by atoms with Crippen molar-refractivity contribution in [3.05, 3.63) is 36.0 Å². The second-order valence-corrected chi connectivity index (χ2v) is 5.34. The predicted octanol–water partition coefficient (Wildman–Crippen LogP) is 1.45. The first-order chi connectivity index (χ1) is 7.56. The van der Waals surface area contributed by atoms with E-state index in [2.05, 4.69) is 9.71 Å². The largest absolute Gasteiger partial charge is 0.256 e. The molecule has 84 valence electrons. The molecule has 0 atom stereocenters. The molecule has 0 aliphatic heterocycles. The van der Waals surface area contributed by atoms with Crippen molar-refractivity contribution < 1.29 is 8.42 Å². The van der Waals surface area contributed by atoms with E-state index >= 15 is 0 Å². The molecule has 4 nitrogen and oxygen atoms in total. The van der Waals surface area contributed by atoms with Crippen molar-refractivity contribution in [2.45, 2.75) is 11.8 Å². The highest BCUT2D eigenvalue weighted by molar-refractivity contribution is 7.89. The van der Waals surface area contributed by atoms with E-state index < -0.39 is 10.0 Å². The summed E-state index contributed by atoms with van der Waals surface area (Å²) >= 11 is 0. The molecule has 0 saturated heterocycles. The Kier molecular flexibility index (Phi) is 2.65. The Morgan fingerprint density at radius 3 is 2.69 bits per heavy atom. The third-order valence-corrected chi connectivity index (χ3v) is 3.96. The van der Waals surface area contributed by atoms with Gasteiger partial charge in [0.1, 0.15) is 0 Å². The molecule has 2 aromatic rings. The number of sulfonamides is 1. The minimum absolute atomic E-state index is 0.267. The Morgan fingerprint density at radius 2 is 2.00 bits per heavy atom. The number of aryl methyl sites for hydroxylation is 1. The van der Waals surface area contributed by atoms with Crippen molar-refractivity contribution in [2.75, 3.05) is 7.05 Å². The number of pyridine rings is 1. The van der Waals surface area contributed by atoms with Gasteiger partial charge in [-0.25, -0.2) is 13.1 Å². The number of aromatic nitrogens is 1. The molecular formula is C11H12N2O2S. The Balaban J connectivity index is 2.88. The highest BCUT2D eigenvalue weighted by atomic mass is 32.2. The van der Waals surface area contributed by atoms with Crippen LogP contribution in [0.25, 0.3) is 10.9 Å². The number of fused-ring (bicyclic) bond motifs is 1.